The Morgan fingerprint density at radius 2 is 1.59 bits per heavy atom. The van der Waals surface area contributed by atoms with E-state index in [0.717, 1.165) is 32.6 Å². The van der Waals surface area contributed by atoms with E-state index in [2.05, 4.69) is 11.8 Å². The van der Waals surface area contributed by atoms with Gasteiger partial charge in [0.05, 0.1) is 19.3 Å². The summed E-state index contributed by atoms with van der Waals surface area (Å²) < 4.78 is 5.30. The van der Waals surface area contributed by atoms with Crippen LogP contribution in [0.4, 0.5) is 0 Å². The molecule has 0 aromatic heterocycles. The quantitative estimate of drug-likeness (QED) is 0.738. The molecule has 1 saturated carbocycles. The third-order valence-electron chi connectivity index (χ3n) is 5.28. The SMILES string of the molecule is C[C@@H]1C[C@@H]1C(=O)N1CCN([C@H](C)C(=O)N2CCOCC2)CC1. The topological polar surface area (TPSA) is 53.1 Å². The fraction of sp³-hybridized carbons (Fsp3) is 0.875. The van der Waals surface area contributed by atoms with Gasteiger partial charge in [-0.25, -0.2) is 0 Å². The summed E-state index contributed by atoms with van der Waals surface area (Å²) in [6.45, 7) is 9.89. The monoisotopic (exact) mass is 309 g/mol. The molecule has 2 aliphatic heterocycles. The van der Waals surface area contributed by atoms with Crippen molar-refractivity contribution in [1.29, 1.82) is 0 Å². The van der Waals surface area contributed by atoms with Gasteiger partial charge in [-0.15, -0.1) is 0 Å². The molecule has 3 fully saturated rings. The van der Waals surface area contributed by atoms with Gasteiger partial charge in [-0.3, -0.25) is 14.5 Å². The van der Waals surface area contributed by atoms with Crippen molar-refractivity contribution < 1.29 is 14.3 Å². The van der Waals surface area contributed by atoms with Crippen molar-refractivity contribution in [2.24, 2.45) is 11.8 Å². The lowest BCUT2D eigenvalue weighted by molar-refractivity contribution is -0.142. The minimum absolute atomic E-state index is 0.102. The Labute approximate surface area is 132 Å². The van der Waals surface area contributed by atoms with Gasteiger partial charge >= 0.3 is 0 Å². The summed E-state index contributed by atoms with van der Waals surface area (Å²) in [5.74, 6) is 1.34. The van der Waals surface area contributed by atoms with Crippen LogP contribution in [0.15, 0.2) is 0 Å². The third-order valence-corrected chi connectivity index (χ3v) is 5.28. The highest BCUT2D eigenvalue weighted by molar-refractivity contribution is 5.82. The van der Waals surface area contributed by atoms with Crippen molar-refractivity contribution in [2.45, 2.75) is 26.3 Å². The molecule has 0 unspecified atom stereocenters. The van der Waals surface area contributed by atoms with E-state index in [1.54, 1.807) is 0 Å². The highest BCUT2D eigenvalue weighted by atomic mass is 16.5. The summed E-state index contributed by atoms with van der Waals surface area (Å²) in [7, 11) is 0. The number of carbonyl (C=O) groups is 2. The molecular weight excluding hydrogens is 282 g/mol. The largest absolute Gasteiger partial charge is 0.378 e. The smallest absolute Gasteiger partial charge is 0.239 e. The Kier molecular flexibility index (Phi) is 4.68. The lowest BCUT2D eigenvalue weighted by Crippen LogP contribution is -2.56. The van der Waals surface area contributed by atoms with E-state index in [-0.39, 0.29) is 17.9 Å². The van der Waals surface area contributed by atoms with Crippen LogP contribution in [0.3, 0.4) is 0 Å². The molecule has 0 aromatic rings. The molecule has 3 aliphatic rings. The summed E-state index contributed by atoms with van der Waals surface area (Å²) in [5, 5.41) is 0. The molecule has 22 heavy (non-hydrogen) atoms. The van der Waals surface area contributed by atoms with Gasteiger partial charge in [0.2, 0.25) is 11.8 Å². The number of hydrogen-bond donors (Lipinski definition) is 0. The van der Waals surface area contributed by atoms with E-state index in [0.29, 0.717) is 38.1 Å². The first-order valence-electron chi connectivity index (χ1n) is 8.47. The van der Waals surface area contributed by atoms with E-state index < -0.39 is 0 Å². The minimum Gasteiger partial charge on any atom is -0.378 e. The van der Waals surface area contributed by atoms with Crippen LogP contribution in [0.25, 0.3) is 0 Å². The summed E-state index contributed by atoms with van der Waals surface area (Å²) >= 11 is 0. The first kappa shape index (κ1) is 15.7. The van der Waals surface area contributed by atoms with Gasteiger partial charge in [0.25, 0.3) is 0 Å². The van der Waals surface area contributed by atoms with Gasteiger partial charge in [-0.1, -0.05) is 6.92 Å². The van der Waals surface area contributed by atoms with Crippen LogP contribution in [0.2, 0.25) is 0 Å². The molecule has 3 rings (SSSR count). The van der Waals surface area contributed by atoms with E-state index in [1.165, 1.54) is 0 Å². The fourth-order valence-corrected chi connectivity index (χ4v) is 3.43. The lowest BCUT2D eigenvalue weighted by atomic mass is 10.2. The fourth-order valence-electron chi connectivity index (χ4n) is 3.43. The third kappa shape index (κ3) is 3.27. The molecule has 2 amide bonds. The van der Waals surface area contributed by atoms with Crippen LogP contribution in [0.1, 0.15) is 20.3 Å². The number of morpholine rings is 1. The highest BCUT2D eigenvalue weighted by Gasteiger charge is 2.42. The van der Waals surface area contributed by atoms with Gasteiger partial charge < -0.3 is 14.5 Å². The van der Waals surface area contributed by atoms with Crippen molar-refractivity contribution in [2.75, 3.05) is 52.5 Å². The number of hydrogen-bond acceptors (Lipinski definition) is 4. The average molecular weight is 309 g/mol. The summed E-state index contributed by atoms with van der Waals surface area (Å²) in [4.78, 5) is 30.9. The number of nitrogens with zero attached hydrogens (tertiary/aromatic N) is 3. The molecule has 124 valence electrons. The maximum Gasteiger partial charge on any atom is 0.239 e. The first-order valence-corrected chi connectivity index (χ1v) is 8.47. The van der Waals surface area contributed by atoms with Crippen LogP contribution in [-0.4, -0.2) is 85.0 Å². The highest BCUT2D eigenvalue weighted by Crippen LogP contribution is 2.39. The molecular formula is C16H27N3O3. The first-order chi connectivity index (χ1) is 10.6. The normalized spacial score (nSPS) is 31.0. The zero-order valence-corrected chi connectivity index (χ0v) is 13.7. The van der Waals surface area contributed by atoms with Gasteiger partial charge in [-0.2, -0.15) is 0 Å². The second kappa shape index (κ2) is 6.54. The molecule has 2 saturated heterocycles. The summed E-state index contributed by atoms with van der Waals surface area (Å²) in [6.07, 6.45) is 1.05. The van der Waals surface area contributed by atoms with Crippen molar-refractivity contribution in [3.8, 4) is 0 Å². The van der Waals surface area contributed by atoms with E-state index in [9.17, 15) is 9.59 Å². The van der Waals surface area contributed by atoms with Crippen molar-refractivity contribution in [1.82, 2.24) is 14.7 Å². The zero-order valence-electron chi connectivity index (χ0n) is 13.7. The van der Waals surface area contributed by atoms with Gasteiger partial charge in [0.1, 0.15) is 0 Å². The van der Waals surface area contributed by atoms with Crippen LogP contribution < -0.4 is 0 Å². The number of amides is 2. The molecule has 2 heterocycles. The maximum absolute atomic E-state index is 12.5. The van der Waals surface area contributed by atoms with Crippen LogP contribution in [0.5, 0.6) is 0 Å². The Morgan fingerprint density at radius 1 is 1.00 bits per heavy atom. The van der Waals surface area contributed by atoms with E-state index in [4.69, 9.17) is 4.74 Å². The molecule has 0 bridgehead atoms. The van der Waals surface area contributed by atoms with Crippen molar-refractivity contribution in [3.63, 3.8) is 0 Å². The zero-order chi connectivity index (χ0) is 15.7. The van der Waals surface area contributed by atoms with Crippen LogP contribution in [-0.2, 0) is 14.3 Å². The Bertz CT molecular complexity index is 428. The Balaban J connectivity index is 1.47. The predicted molar refractivity (Wildman–Crippen MR) is 82.3 cm³/mol. The summed E-state index contributed by atoms with van der Waals surface area (Å²) in [5.41, 5.74) is 0. The number of ether oxygens (including phenoxy) is 1. The lowest BCUT2D eigenvalue weighted by Gasteiger charge is -2.39. The predicted octanol–water partition coefficient (Wildman–Crippen LogP) is 0.0339. The number of rotatable bonds is 3. The van der Waals surface area contributed by atoms with Crippen LogP contribution >= 0.6 is 0 Å². The molecule has 6 nitrogen and oxygen atoms in total. The van der Waals surface area contributed by atoms with Gasteiger partial charge in [-0.05, 0) is 19.3 Å². The maximum atomic E-state index is 12.5. The van der Waals surface area contributed by atoms with Crippen LogP contribution in [0, 0.1) is 11.8 Å². The molecule has 0 aromatic carbocycles. The van der Waals surface area contributed by atoms with Gasteiger partial charge in [0, 0.05) is 45.2 Å². The second-order valence-electron chi connectivity index (χ2n) is 6.79. The second-order valence-corrected chi connectivity index (χ2v) is 6.79. The van der Waals surface area contributed by atoms with E-state index in [1.807, 2.05) is 16.7 Å². The van der Waals surface area contributed by atoms with Crippen molar-refractivity contribution >= 4 is 11.8 Å². The van der Waals surface area contributed by atoms with E-state index >= 15 is 0 Å². The Morgan fingerprint density at radius 3 is 2.14 bits per heavy atom. The minimum atomic E-state index is -0.102. The molecule has 0 radical (unpaired) electrons. The van der Waals surface area contributed by atoms with Crippen molar-refractivity contribution in [3.05, 3.63) is 0 Å². The number of piperazine rings is 1. The molecule has 0 N–H and O–H groups in total. The molecule has 3 atom stereocenters. The number of carbonyl (C=O) groups excluding carboxylic acids is 2. The Hall–Kier alpha value is -1.14. The standard InChI is InChI=1S/C16H27N3O3/c1-12-11-14(12)16(21)18-5-3-17(4-6-18)13(2)15(20)19-7-9-22-10-8-19/h12-14H,3-11H2,1-2H3/t12-,13-,14+/m1/s1. The molecule has 1 aliphatic carbocycles. The summed E-state index contributed by atoms with van der Waals surface area (Å²) in [6, 6.07) is -0.102. The van der Waals surface area contributed by atoms with Gasteiger partial charge in [0.15, 0.2) is 0 Å². The molecule has 6 heteroatoms. The average Bonchev–Trinajstić information content (AvgIpc) is 3.30. The molecule has 0 spiro atoms.